The molecule has 0 bridgehead atoms. The molecule has 0 unspecified atom stereocenters. The fourth-order valence-electron chi connectivity index (χ4n) is 4.68. The van der Waals surface area contributed by atoms with Gasteiger partial charge in [0.2, 0.25) is 5.91 Å². The van der Waals surface area contributed by atoms with Gasteiger partial charge in [-0.25, -0.2) is 0 Å². The van der Waals surface area contributed by atoms with Crippen LogP contribution in [0.2, 0.25) is 5.02 Å². The first-order chi connectivity index (χ1) is 15.9. The van der Waals surface area contributed by atoms with Gasteiger partial charge in [-0.15, -0.1) is 0 Å². The number of halogens is 1. The Morgan fingerprint density at radius 3 is 2.61 bits per heavy atom. The molecular formula is C28H37ClN2O2. The second kappa shape index (κ2) is 12.2. The van der Waals surface area contributed by atoms with Gasteiger partial charge in [-0.3, -0.25) is 9.59 Å². The average molecular weight is 469 g/mol. The first kappa shape index (κ1) is 25.3. The molecular weight excluding hydrogens is 432 g/mol. The van der Waals surface area contributed by atoms with Crippen LogP contribution in [-0.2, 0) is 16.0 Å². The van der Waals surface area contributed by atoms with Crippen LogP contribution in [-0.4, -0.2) is 36.3 Å². The molecule has 1 aromatic carbocycles. The number of amides is 2. The number of allylic oxidation sites excluding steroid dienone is 4. The Morgan fingerprint density at radius 1 is 1.15 bits per heavy atom. The lowest BCUT2D eigenvalue weighted by molar-refractivity contribution is -0.131. The minimum atomic E-state index is -0.0426. The smallest absolute Gasteiger partial charge is 0.253 e. The van der Waals surface area contributed by atoms with Gasteiger partial charge in [-0.2, -0.15) is 0 Å². The molecule has 1 fully saturated rings. The van der Waals surface area contributed by atoms with Crippen molar-refractivity contribution in [2.75, 3.05) is 24.5 Å². The number of fused-ring (bicyclic) bond motifs is 1. The van der Waals surface area contributed by atoms with E-state index in [2.05, 4.69) is 19.1 Å². The molecule has 0 aromatic heterocycles. The zero-order chi connectivity index (χ0) is 23.8. The molecule has 5 heteroatoms. The van der Waals surface area contributed by atoms with Crippen LogP contribution in [0.3, 0.4) is 0 Å². The van der Waals surface area contributed by atoms with E-state index in [1.807, 2.05) is 54.0 Å². The Balaban J connectivity index is 1.63. The van der Waals surface area contributed by atoms with Gasteiger partial charge < -0.3 is 9.80 Å². The van der Waals surface area contributed by atoms with Crippen molar-refractivity contribution in [2.24, 2.45) is 5.92 Å². The van der Waals surface area contributed by atoms with Crippen LogP contribution in [0.5, 0.6) is 0 Å². The lowest BCUT2D eigenvalue weighted by Crippen LogP contribution is -2.45. The zero-order valence-corrected chi connectivity index (χ0v) is 21.0. The molecule has 0 aliphatic carbocycles. The third kappa shape index (κ3) is 6.60. The van der Waals surface area contributed by atoms with E-state index in [1.165, 1.54) is 0 Å². The third-order valence-electron chi connectivity index (χ3n) is 6.58. The summed E-state index contributed by atoms with van der Waals surface area (Å²) in [5.41, 5.74) is 3.97. The van der Waals surface area contributed by atoms with Crippen molar-refractivity contribution < 1.29 is 9.59 Å². The first-order valence-electron chi connectivity index (χ1n) is 12.3. The summed E-state index contributed by atoms with van der Waals surface area (Å²) in [6.07, 6.45) is 14.7. The summed E-state index contributed by atoms with van der Waals surface area (Å²) in [7, 11) is 0. The topological polar surface area (TPSA) is 40.6 Å². The van der Waals surface area contributed by atoms with Gasteiger partial charge in [0.15, 0.2) is 0 Å². The largest absolute Gasteiger partial charge is 0.339 e. The number of aryl methyl sites for hydroxylation is 1. The fraction of sp³-hybridized carbons (Fsp3) is 0.500. The van der Waals surface area contributed by atoms with Gasteiger partial charge in [0.1, 0.15) is 0 Å². The van der Waals surface area contributed by atoms with Crippen LogP contribution >= 0.6 is 11.6 Å². The number of benzene rings is 1. The van der Waals surface area contributed by atoms with Crippen LogP contribution < -0.4 is 4.90 Å². The summed E-state index contributed by atoms with van der Waals surface area (Å²) >= 11 is 6.20. The SMILES string of the molecule is C\C=C(/C=C(C)\C=C\CCC)C(=O)N1CCC(C(=O)N2CCCCc3cc(Cl)ccc32)CC1. The molecule has 0 saturated carbocycles. The molecule has 4 nitrogen and oxygen atoms in total. The Kier molecular flexibility index (Phi) is 9.37. The number of hydrogen-bond donors (Lipinski definition) is 0. The fourth-order valence-corrected chi connectivity index (χ4v) is 4.88. The van der Waals surface area contributed by atoms with Crippen LogP contribution in [0.1, 0.15) is 64.9 Å². The quantitative estimate of drug-likeness (QED) is 0.353. The molecule has 1 aromatic rings. The highest BCUT2D eigenvalue weighted by atomic mass is 35.5. The molecule has 2 heterocycles. The monoisotopic (exact) mass is 468 g/mol. The number of carbonyl (C=O) groups excluding carboxylic acids is 2. The highest BCUT2D eigenvalue weighted by molar-refractivity contribution is 6.30. The summed E-state index contributed by atoms with van der Waals surface area (Å²) in [6, 6.07) is 5.86. The number of likely N-dealkylation sites (tertiary alicyclic amines) is 1. The lowest BCUT2D eigenvalue weighted by atomic mass is 9.94. The van der Waals surface area contributed by atoms with Crippen molar-refractivity contribution in [1.29, 1.82) is 0 Å². The van der Waals surface area contributed by atoms with Crippen molar-refractivity contribution in [2.45, 2.75) is 65.7 Å². The van der Waals surface area contributed by atoms with Crippen LogP contribution in [0, 0.1) is 5.92 Å². The molecule has 178 valence electrons. The summed E-state index contributed by atoms with van der Waals surface area (Å²) < 4.78 is 0. The molecule has 0 spiro atoms. The number of hydrogen-bond acceptors (Lipinski definition) is 2. The Hall–Kier alpha value is -2.33. The van der Waals surface area contributed by atoms with Crippen LogP contribution in [0.4, 0.5) is 5.69 Å². The van der Waals surface area contributed by atoms with Crippen molar-refractivity contribution >= 4 is 29.1 Å². The zero-order valence-electron chi connectivity index (χ0n) is 20.3. The molecule has 2 aliphatic rings. The highest BCUT2D eigenvalue weighted by Crippen LogP contribution is 2.32. The highest BCUT2D eigenvalue weighted by Gasteiger charge is 2.32. The Bertz CT molecular complexity index is 939. The molecule has 0 atom stereocenters. The number of rotatable bonds is 6. The van der Waals surface area contributed by atoms with Gasteiger partial charge in [-0.1, -0.05) is 48.7 Å². The minimum absolute atomic E-state index is 0.0426. The van der Waals surface area contributed by atoms with E-state index in [0.29, 0.717) is 25.9 Å². The van der Waals surface area contributed by atoms with Crippen molar-refractivity contribution in [3.63, 3.8) is 0 Å². The molecule has 2 amide bonds. The van der Waals surface area contributed by atoms with Crippen LogP contribution in [0.15, 0.2) is 53.6 Å². The number of piperidine rings is 1. The van der Waals surface area contributed by atoms with E-state index < -0.39 is 0 Å². The van der Waals surface area contributed by atoms with Gasteiger partial charge in [0.05, 0.1) is 0 Å². The Morgan fingerprint density at radius 2 is 1.91 bits per heavy atom. The maximum Gasteiger partial charge on any atom is 0.253 e. The van der Waals surface area contributed by atoms with E-state index >= 15 is 0 Å². The second-order valence-corrected chi connectivity index (χ2v) is 9.55. The third-order valence-corrected chi connectivity index (χ3v) is 6.82. The second-order valence-electron chi connectivity index (χ2n) is 9.11. The van der Waals surface area contributed by atoms with E-state index in [1.54, 1.807) is 0 Å². The summed E-state index contributed by atoms with van der Waals surface area (Å²) in [4.78, 5) is 30.4. The molecule has 3 rings (SSSR count). The maximum absolute atomic E-state index is 13.5. The van der Waals surface area contributed by atoms with E-state index in [0.717, 1.165) is 66.1 Å². The molecule has 0 radical (unpaired) electrons. The van der Waals surface area contributed by atoms with Gasteiger partial charge in [-0.05, 0) is 82.2 Å². The Labute approximate surface area is 204 Å². The van der Waals surface area contributed by atoms with Gasteiger partial charge in [0, 0.05) is 41.8 Å². The number of carbonyl (C=O) groups is 2. The summed E-state index contributed by atoms with van der Waals surface area (Å²) in [5, 5.41) is 0.722. The average Bonchev–Trinajstić information content (AvgIpc) is 3.04. The predicted molar refractivity (Wildman–Crippen MR) is 138 cm³/mol. The van der Waals surface area contributed by atoms with Crippen LogP contribution in [0.25, 0.3) is 0 Å². The molecule has 2 aliphatic heterocycles. The van der Waals surface area contributed by atoms with Gasteiger partial charge in [0.25, 0.3) is 5.91 Å². The predicted octanol–water partition coefficient (Wildman–Crippen LogP) is 6.50. The first-order valence-corrected chi connectivity index (χ1v) is 12.7. The molecule has 33 heavy (non-hydrogen) atoms. The standard InChI is InChI=1S/C28H37ClN2O2/c1-4-6-7-10-21(3)19-22(5-2)27(32)30-17-14-23(15-18-30)28(33)31-16-9-8-11-24-20-25(29)12-13-26(24)31/h5,7,10,12-13,19-20,23H,4,6,8-9,11,14-18H2,1-3H3/b10-7+,21-19-,22-5+. The van der Waals surface area contributed by atoms with E-state index in [-0.39, 0.29) is 17.7 Å². The number of nitrogens with zero attached hydrogens (tertiary/aromatic N) is 2. The maximum atomic E-state index is 13.5. The lowest BCUT2D eigenvalue weighted by Gasteiger charge is -2.34. The minimum Gasteiger partial charge on any atom is -0.339 e. The van der Waals surface area contributed by atoms with E-state index in [4.69, 9.17) is 11.6 Å². The normalized spacial score (nSPS) is 18.4. The number of unbranched alkanes of at least 4 members (excludes halogenated alkanes) is 1. The number of anilines is 1. The van der Waals surface area contributed by atoms with Crippen molar-refractivity contribution in [3.05, 3.63) is 64.2 Å². The van der Waals surface area contributed by atoms with Gasteiger partial charge >= 0.3 is 0 Å². The van der Waals surface area contributed by atoms with E-state index in [9.17, 15) is 9.59 Å². The summed E-state index contributed by atoms with van der Waals surface area (Å²) in [5.74, 6) is 0.205. The van der Waals surface area contributed by atoms with Crippen molar-refractivity contribution in [1.82, 2.24) is 4.90 Å². The molecule has 0 N–H and O–H groups in total. The summed E-state index contributed by atoms with van der Waals surface area (Å²) in [6.45, 7) is 8.08. The van der Waals surface area contributed by atoms with Crippen molar-refractivity contribution in [3.8, 4) is 0 Å². The molecule has 1 saturated heterocycles.